The molecule has 0 aliphatic heterocycles. The van der Waals surface area contributed by atoms with Crippen molar-refractivity contribution in [2.24, 2.45) is 5.41 Å². The average molecular weight is 414 g/mol. The van der Waals surface area contributed by atoms with Crippen LogP contribution in [0, 0.1) is 11.2 Å². The number of amides is 1. The number of hydrogen-bond donors (Lipinski definition) is 1. The predicted octanol–water partition coefficient (Wildman–Crippen LogP) is 5.64. The lowest BCUT2D eigenvalue weighted by molar-refractivity contribution is -0.126. The number of nitrogens with one attached hydrogen (secondary N) is 1. The predicted molar refractivity (Wildman–Crippen MR) is 121 cm³/mol. The molecule has 0 radical (unpaired) electrons. The fourth-order valence-corrected chi connectivity index (χ4v) is 3.49. The van der Waals surface area contributed by atoms with Crippen LogP contribution in [0.25, 0.3) is 10.9 Å². The van der Waals surface area contributed by atoms with Gasteiger partial charge in [0.15, 0.2) is 0 Å². The first kappa shape index (κ1) is 20.5. The van der Waals surface area contributed by atoms with E-state index in [1.54, 1.807) is 18.3 Å². The van der Waals surface area contributed by atoms with Gasteiger partial charge in [-0.2, -0.15) is 0 Å². The van der Waals surface area contributed by atoms with Crippen LogP contribution < -0.4 is 10.1 Å². The molecule has 0 aliphatic carbocycles. The van der Waals surface area contributed by atoms with Crippen LogP contribution in [0.1, 0.15) is 12.5 Å². The average Bonchev–Trinajstić information content (AvgIpc) is 2.80. The van der Waals surface area contributed by atoms with Crippen LogP contribution in [0.3, 0.4) is 0 Å². The lowest BCUT2D eigenvalue weighted by Crippen LogP contribution is -2.40. The molecule has 4 aromatic rings. The Hall–Kier alpha value is -3.73. The van der Waals surface area contributed by atoms with Gasteiger partial charge in [-0.1, -0.05) is 48.5 Å². The zero-order chi connectivity index (χ0) is 21.7. The second-order valence-corrected chi connectivity index (χ2v) is 7.80. The molecule has 1 atom stereocenters. The molecule has 1 aromatic heterocycles. The fourth-order valence-electron chi connectivity index (χ4n) is 3.49. The lowest BCUT2D eigenvalue weighted by atomic mass is 9.83. The van der Waals surface area contributed by atoms with Gasteiger partial charge in [0.25, 0.3) is 0 Å². The van der Waals surface area contributed by atoms with Gasteiger partial charge in [-0.25, -0.2) is 4.39 Å². The maximum atomic E-state index is 13.5. The van der Waals surface area contributed by atoms with E-state index in [1.165, 1.54) is 12.1 Å². The number of carbonyl (C=O) groups excluding carboxylic acids is 1. The van der Waals surface area contributed by atoms with E-state index in [1.807, 2.05) is 67.6 Å². The standard InChI is InChI=1S/C26H23FN2O2/c1-26(17-19-12-14-21(27)15-13-19,18-31-22-9-3-2-4-10-22)25(30)29-23-11-5-7-20-8-6-16-28-24(20)23/h2-16H,17-18H2,1H3,(H,29,30). The minimum atomic E-state index is -0.898. The molecular weight excluding hydrogens is 391 g/mol. The Morgan fingerprint density at radius 3 is 2.48 bits per heavy atom. The number of fused-ring (bicyclic) bond motifs is 1. The highest BCUT2D eigenvalue weighted by molar-refractivity contribution is 6.02. The normalized spacial score (nSPS) is 12.8. The molecule has 0 saturated carbocycles. The van der Waals surface area contributed by atoms with Crippen LogP contribution in [-0.4, -0.2) is 17.5 Å². The summed E-state index contributed by atoms with van der Waals surface area (Å²) in [7, 11) is 0. The smallest absolute Gasteiger partial charge is 0.234 e. The van der Waals surface area contributed by atoms with E-state index in [4.69, 9.17) is 4.74 Å². The molecule has 1 unspecified atom stereocenters. The molecule has 4 rings (SSSR count). The van der Waals surface area contributed by atoms with Crippen LogP contribution in [0.15, 0.2) is 91.1 Å². The van der Waals surface area contributed by atoms with Gasteiger partial charge < -0.3 is 10.1 Å². The Morgan fingerprint density at radius 2 is 1.71 bits per heavy atom. The summed E-state index contributed by atoms with van der Waals surface area (Å²) in [5, 5.41) is 3.98. The Balaban J connectivity index is 1.61. The van der Waals surface area contributed by atoms with Crippen LogP contribution in [-0.2, 0) is 11.2 Å². The molecule has 0 aliphatic rings. The van der Waals surface area contributed by atoms with Crippen LogP contribution in [0.4, 0.5) is 10.1 Å². The fraction of sp³-hybridized carbons (Fsp3) is 0.154. The van der Waals surface area contributed by atoms with E-state index >= 15 is 0 Å². The molecular formula is C26H23FN2O2. The third-order valence-electron chi connectivity index (χ3n) is 5.24. The first-order chi connectivity index (χ1) is 15.0. The minimum Gasteiger partial charge on any atom is -0.492 e. The first-order valence-electron chi connectivity index (χ1n) is 10.1. The molecule has 0 spiro atoms. The number of ether oxygens (including phenoxy) is 1. The molecule has 5 heteroatoms. The van der Waals surface area contributed by atoms with E-state index in [2.05, 4.69) is 10.3 Å². The number of anilines is 1. The minimum absolute atomic E-state index is 0.165. The van der Waals surface area contributed by atoms with Crippen molar-refractivity contribution in [2.75, 3.05) is 11.9 Å². The van der Waals surface area contributed by atoms with Gasteiger partial charge in [-0.15, -0.1) is 0 Å². The van der Waals surface area contributed by atoms with Gasteiger partial charge in [-0.3, -0.25) is 9.78 Å². The van der Waals surface area contributed by atoms with E-state index < -0.39 is 5.41 Å². The molecule has 0 saturated heterocycles. The summed E-state index contributed by atoms with van der Waals surface area (Å²) >= 11 is 0. The van der Waals surface area contributed by atoms with Crippen molar-refractivity contribution in [3.63, 3.8) is 0 Å². The molecule has 0 bridgehead atoms. The highest BCUT2D eigenvalue weighted by atomic mass is 19.1. The molecule has 0 fully saturated rings. The van der Waals surface area contributed by atoms with Crippen molar-refractivity contribution in [1.82, 2.24) is 4.98 Å². The number of aromatic nitrogens is 1. The van der Waals surface area contributed by atoms with Crippen molar-refractivity contribution in [2.45, 2.75) is 13.3 Å². The maximum absolute atomic E-state index is 13.5. The number of hydrogen-bond acceptors (Lipinski definition) is 3. The van der Waals surface area contributed by atoms with Crippen molar-refractivity contribution in [3.8, 4) is 5.75 Å². The Bertz CT molecular complexity index is 1170. The van der Waals surface area contributed by atoms with Gasteiger partial charge in [0, 0.05) is 11.6 Å². The summed E-state index contributed by atoms with van der Waals surface area (Å²) in [5.74, 6) is 0.190. The van der Waals surface area contributed by atoms with Gasteiger partial charge >= 0.3 is 0 Å². The van der Waals surface area contributed by atoms with Crippen LogP contribution in [0.5, 0.6) is 5.75 Å². The Morgan fingerprint density at radius 1 is 0.968 bits per heavy atom. The second kappa shape index (κ2) is 8.96. The molecule has 4 nitrogen and oxygen atoms in total. The Kier molecular flexibility index (Phi) is 5.94. The highest BCUT2D eigenvalue weighted by Gasteiger charge is 2.35. The van der Waals surface area contributed by atoms with Gasteiger partial charge in [-0.05, 0) is 55.3 Å². The summed E-state index contributed by atoms with van der Waals surface area (Å²) < 4.78 is 19.3. The lowest BCUT2D eigenvalue weighted by Gasteiger charge is -2.29. The number of benzene rings is 3. The summed E-state index contributed by atoms with van der Waals surface area (Å²) in [6, 6.07) is 25.1. The zero-order valence-electron chi connectivity index (χ0n) is 17.2. The SMILES string of the molecule is CC(COc1ccccc1)(Cc1ccc(F)cc1)C(=O)Nc1cccc2cccnc12. The van der Waals surface area contributed by atoms with Gasteiger partial charge in [0.05, 0.1) is 16.6 Å². The Labute approximate surface area is 180 Å². The van der Waals surface area contributed by atoms with Crippen LogP contribution in [0.2, 0.25) is 0 Å². The molecule has 31 heavy (non-hydrogen) atoms. The number of carbonyl (C=O) groups is 1. The van der Waals surface area contributed by atoms with Crippen LogP contribution >= 0.6 is 0 Å². The first-order valence-corrected chi connectivity index (χ1v) is 10.1. The quantitative estimate of drug-likeness (QED) is 0.426. The maximum Gasteiger partial charge on any atom is 0.234 e. The van der Waals surface area contributed by atoms with Crippen molar-refractivity contribution in [3.05, 3.63) is 103 Å². The summed E-state index contributed by atoms with van der Waals surface area (Å²) in [5.41, 5.74) is 1.33. The number of halogens is 1. The summed E-state index contributed by atoms with van der Waals surface area (Å²) in [6.07, 6.45) is 2.10. The third kappa shape index (κ3) is 4.89. The van der Waals surface area contributed by atoms with E-state index in [0.717, 1.165) is 16.5 Å². The topological polar surface area (TPSA) is 51.2 Å². The van der Waals surface area contributed by atoms with E-state index in [9.17, 15) is 9.18 Å². The zero-order valence-corrected chi connectivity index (χ0v) is 17.2. The highest BCUT2D eigenvalue weighted by Crippen LogP contribution is 2.29. The number of pyridine rings is 1. The summed E-state index contributed by atoms with van der Waals surface area (Å²) in [4.78, 5) is 17.9. The molecule has 1 N–H and O–H groups in total. The monoisotopic (exact) mass is 414 g/mol. The van der Waals surface area contributed by atoms with E-state index in [-0.39, 0.29) is 18.3 Å². The van der Waals surface area contributed by atoms with Crippen molar-refractivity contribution in [1.29, 1.82) is 0 Å². The number of rotatable bonds is 7. The number of para-hydroxylation sites is 2. The van der Waals surface area contributed by atoms with Gasteiger partial charge in [0.1, 0.15) is 18.2 Å². The third-order valence-corrected chi connectivity index (χ3v) is 5.24. The molecule has 1 amide bonds. The largest absolute Gasteiger partial charge is 0.492 e. The molecule has 1 heterocycles. The van der Waals surface area contributed by atoms with Crippen molar-refractivity contribution >= 4 is 22.5 Å². The molecule has 3 aromatic carbocycles. The van der Waals surface area contributed by atoms with Crippen molar-refractivity contribution < 1.29 is 13.9 Å². The second-order valence-electron chi connectivity index (χ2n) is 7.80. The van der Waals surface area contributed by atoms with Gasteiger partial charge in [0.2, 0.25) is 5.91 Å². The van der Waals surface area contributed by atoms with E-state index in [0.29, 0.717) is 17.9 Å². The number of nitrogens with zero attached hydrogens (tertiary/aromatic N) is 1. The summed E-state index contributed by atoms with van der Waals surface area (Å²) in [6.45, 7) is 2.02. The molecule has 156 valence electrons.